The Labute approximate surface area is 78.0 Å². The largest absolute Gasteiger partial charge is 0.378 e. The normalized spacial score (nSPS) is 63.5. The van der Waals surface area contributed by atoms with Gasteiger partial charge in [-0.15, -0.1) is 0 Å². The zero-order chi connectivity index (χ0) is 9.16. The van der Waals surface area contributed by atoms with Crippen LogP contribution in [0.4, 0.5) is 0 Å². The third-order valence-electron chi connectivity index (χ3n) is 4.39. The molecule has 0 aromatic carbocycles. The smallest absolute Gasteiger partial charge is 0.158 e. The maximum Gasteiger partial charge on any atom is 0.158 e. The molecule has 3 heteroatoms. The van der Waals surface area contributed by atoms with E-state index in [4.69, 9.17) is 9.47 Å². The summed E-state index contributed by atoms with van der Waals surface area (Å²) in [6, 6.07) is 0. The van der Waals surface area contributed by atoms with Crippen molar-refractivity contribution in [3.8, 4) is 0 Å². The first-order valence-electron chi connectivity index (χ1n) is 5.10. The Bertz CT molecular complexity index is 218. The second-order valence-corrected chi connectivity index (χ2v) is 4.69. The van der Waals surface area contributed by atoms with E-state index in [0.717, 1.165) is 0 Å². The number of aliphatic hydroxyl groups excluding tert-OH is 1. The molecule has 1 heterocycles. The summed E-state index contributed by atoms with van der Waals surface area (Å²) in [5, 5.41) is 9.70. The molecule has 0 aromatic heterocycles. The molecule has 3 aliphatic rings. The molecule has 0 spiro atoms. The second-order valence-electron chi connectivity index (χ2n) is 4.69. The van der Waals surface area contributed by atoms with Crippen LogP contribution in [0.15, 0.2) is 0 Å². The average Bonchev–Trinajstić information content (AvgIpc) is 2.65. The minimum atomic E-state index is -0.532. The molecule has 74 valence electrons. The zero-order valence-corrected chi connectivity index (χ0v) is 8.01. The van der Waals surface area contributed by atoms with Crippen LogP contribution in [0.5, 0.6) is 0 Å². The lowest BCUT2D eigenvalue weighted by Gasteiger charge is -2.29. The van der Waals surface area contributed by atoms with E-state index in [1.54, 1.807) is 7.11 Å². The fraction of sp³-hybridized carbons (Fsp3) is 1.00. The molecule has 2 aliphatic carbocycles. The van der Waals surface area contributed by atoms with Crippen LogP contribution in [0.3, 0.4) is 0 Å². The molecular formula is C10H16O3. The van der Waals surface area contributed by atoms with Crippen molar-refractivity contribution in [2.24, 2.45) is 23.7 Å². The molecule has 2 saturated carbocycles. The van der Waals surface area contributed by atoms with Crippen LogP contribution in [0.1, 0.15) is 13.3 Å². The van der Waals surface area contributed by atoms with Gasteiger partial charge in [0.25, 0.3) is 0 Å². The fourth-order valence-electron chi connectivity index (χ4n) is 3.85. The van der Waals surface area contributed by atoms with Gasteiger partial charge in [0.1, 0.15) is 0 Å². The molecule has 1 saturated heterocycles. The van der Waals surface area contributed by atoms with Crippen LogP contribution in [0, 0.1) is 23.7 Å². The van der Waals surface area contributed by atoms with E-state index in [1.807, 2.05) is 0 Å². The van der Waals surface area contributed by atoms with Crippen molar-refractivity contribution in [3.05, 3.63) is 0 Å². The SMILES string of the molecule is COC1C2CC3C1OC(O)C3C2C. The van der Waals surface area contributed by atoms with Gasteiger partial charge < -0.3 is 14.6 Å². The maximum absolute atomic E-state index is 9.70. The van der Waals surface area contributed by atoms with Gasteiger partial charge in [0.15, 0.2) is 6.29 Å². The molecular weight excluding hydrogens is 168 g/mol. The Morgan fingerprint density at radius 1 is 1.38 bits per heavy atom. The van der Waals surface area contributed by atoms with Crippen LogP contribution in [-0.4, -0.2) is 30.7 Å². The molecule has 0 radical (unpaired) electrons. The first kappa shape index (κ1) is 8.21. The molecule has 7 unspecified atom stereocenters. The van der Waals surface area contributed by atoms with Crippen LogP contribution in [0.25, 0.3) is 0 Å². The number of hydrogen-bond donors (Lipinski definition) is 1. The summed E-state index contributed by atoms with van der Waals surface area (Å²) < 4.78 is 11.0. The van der Waals surface area contributed by atoms with Gasteiger partial charge in [0, 0.05) is 13.0 Å². The fourth-order valence-corrected chi connectivity index (χ4v) is 3.85. The third kappa shape index (κ3) is 0.808. The molecule has 1 aliphatic heterocycles. The molecule has 2 bridgehead atoms. The molecule has 1 N–H and O–H groups in total. The van der Waals surface area contributed by atoms with Gasteiger partial charge >= 0.3 is 0 Å². The van der Waals surface area contributed by atoms with E-state index in [1.165, 1.54) is 6.42 Å². The number of methoxy groups -OCH3 is 1. The molecule has 0 aromatic rings. The van der Waals surface area contributed by atoms with Crippen molar-refractivity contribution in [2.45, 2.75) is 31.8 Å². The molecule has 3 fully saturated rings. The highest BCUT2D eigenvalue weighted by atomic mass is 16.6. The maximum atomic E-state index is 9.70. The first-order chi connectivity index (χ1) is 6.24. The Kier molecular flexibility index (Phi) is 1.56. The highest BCUT2D eigenvalue weighted by Crippen LogP contribution is 2.59. The van der Waals surface area contributed by atoms with Crippen molar-refractivity contribution in [1.29, 1.82) is 0 Å². The first-order valence-corrected chi connectivity index (χ1v) is 5.10. The predicted octanol–water partition coefficient (Wildman–Crippen LogP) is 0.621. The number of ether oxygens (including phenoxy) is 2. The van der Waals surface area contributed by atoms with Gasteiger partial charge in [-0.05, 0) is 24.2 Å². The van der Waals surface area contributed by atoms with Gasteiger partial charge in [0.2, 0.25) is 0 Å². The van der Waals surface area contributed by atoms with E-state index in [2.05, 4.69) is 6.92 Å². The minimum absolute atomic E-state index is 0.172. The van der Waals surface area contributed by atoms with Crippen molar-refractivity contribution in [3.63, 3.8) is 0 Å². The van der Waals surface area contributed by atoms with Gasteiger partial charge in [0.05, 0.1) is 12.2 Å². The van der Waals surface area contributed by atoms with Gasteiger partial charge in [-0.25, -0.2) is 0 Å². The van der Waals surface area contributed by atoms with Crippen molar-refractivity contribution >= 4 is 0 Å². The second kappa shape index (κ2) is 2.47. The van der Waals surface area contributed by atoms with E-state index < -0.39 is 6.29 Å². The molecule has 3 nitrogen and oxygen atoms in total. The minimum Gasteiger partial charge on any atom is -0.378 e. The molecule has 13 heavy (non-hydrogen) atoms. The summed E-state index contributed by atoms with van der Waals surface area (Å²) in [5.74, 6) is 2.10. The summed E-state index contributed by atoms with van der Waals surface area (Å²) in [4.78, 5) is 0. The predicted molar refractivity (Wildman–Crippen MR) is 45.9 cm³/mol. The van der Waals surface area contributed by atoms with E-state index >= 15 is 0 Å². The van der Waals surface area contributed by atoms with Crippen LogP contribution >= 0.6 is 0 Å². The number of aliphatic hydroxyl groups is 1. The lowest BCUT2D eigenvalue weighted by atomic mass is 9.79. The van der Waals surface area contributed by atoms with E-state index in [-0.39, 0.29) is 12.2 Å². The molecule has 3 rings (SSSR count). The van der Waals surface area contributed by atoms with Crippen LogP contribution in [-0.2, 0) is 9.47 Å². The van der Waals surface area contributed by atoms with E-state index in [0.29, 0.717) is 23.7 Å². The number of rotatable bonds is 1. The van der Waals surface area contributed by atoms with Crippen molar-refractivity contribution in [2.75, 3.05) is 7.11 Å². The standard InChI is InChI=1S/C10H16O3/c1-4-5-3-6-7(4)10(11)13-9(6)8(5)12-2/h4-11H,3H2,1-2H3. The summed E-state index contributed by atoms with van der Waals surface area (Å²) >= 11 is 0. The monoisotopic (exact) mass is 184 g/mol. The zero-order valence-electron chi connectivity index (χ0n) is 8.01. The summed E-state index contributed by atoms with van der Waals surface area (Å²) in [7, 11) is 1.75. The Balaban J connectivity index is 1.96. The average molecular weight is 184 g/mol. The summed E-state index contributed by atoms with van der Waals surface area (Å²) in [6.45, 7) is 2.22. The topological polar surface area (TPSA) is 38.7 Å². The number of hydrogen-bond acceptors (Lipinski definition) is 3. The van der Waals surface area contributed by atoms with Gasteiger partial charge in [-0.2, -0.15) is 0 Å². The van der Waals surface area contributed by atoms with Crippen molar-refractivity contribution < 1.29 is 14.6 Å². The third-order valence-corrected chi connectivity index (χ3v) is 4.39. The summed E-state index contributed by atoms with van der Waals surface area (Å²) in [5.41, 5.74) is 0. The van der Waals surface area contributed by atoms with E-state index in [9.17, 15) is 5.11 Å². The molecule has 0 amide bonds. The van der Waals surface area contributed by atoms with Crippen LogP contribution < -0.4 is 0 Å². The van der Waals surface area contributed by atoms with Gasteiger partial charge in [-0.1, -0.05) is 6.92 Å². The lowest BCUT2D eigenvalue weighted by Crippen LogP contribution is -2.37. The quantitative estimate of drug-likeness (QED) is 0.649. The van der Waals surface area contributed by atoms with Crippen molar-refractivity contribution in [1.82, 2.24) is 0 Å². The Morgan fingerprint density at radius 2 is 2.15 bits per heavy atom. The lowest BCUT2D eigenvalue weighted by molar-refractivity contribution is -0.126. The Hall–Kier alpha value is -0.120. The highest BCUT2D eigenvalue weighted by molar-refractivity contribution is 5.10. The van der Waals surface area contributed by atoms with Gasteiger partial charge in [-0.3, -0.25) is 0 Å². The molecule has 7 atom stereocenters. The number of fused-ring (bicyclic) bond motifs is 1. The summed E-state index contributed by atoms with van der Waals surface area (Å²) in [6.07, 6.45) is 1.06. The Morgan fingerprint density at radius 3 is 2.85 bits per heavy atom. The highest BCUT2D eigenvalue weighted by Gasteiger charge is 2.64. The van der Waals surface area contributed by atoms with Crippen LogP contribution in [0.2, 0.25) is 0 Å².